The minimum Gasteiger partial charge on any atom is -0.487 e. The average molecular weight is 296 g/mol. The van der Waals surface area contributed by atoms with Crippen LogP contribution in [0.1, 0.15) is 43.7 Å². The highest BCUT2D eigenvalue weighted by Gasteiger charge is 2.42. The SMILES string of the molecule is CNC1CC2(CCCC2)Oc2cc(Br)ccc21. The number of hydrogen-bond acceptors (Lipinski definition) is 2. The summed E-state index contributed by atoms with van der Waals surface area (Å²) in [5.74, 6) is 1.06. The van der Waals surface area contributed by atoms with Crippen molar-refractivity contribution in [2.24, 2.45) is 0 Å². The van der Waals surface area contributed by atoms with Crippen molar-refractivity contribution in [3.8, 4) is 5.75 Å². The molecule has 1 unspecified atom stereocenters. The van der Waals surface area contributed by atoms with Crippen LogP contribution in [0.5, 0.6) is 5.75 Å². The lowest BCUT2D eigenvalue weighted by Gasteiger charge is -2.40. The van der Waals surface area contributed by atoms with E-state index in [2.05, 4.69) is 39.4 Å². The van der Waals surface area contributed by atoms with Crippen LogP contribution >= 0.6 is 15.9 Å². The number of hydrogen-bond donors (Lipinski definition) is 1. The predicted octanol–water partition coefficient (Wildman–Crippen LogP) is 3.80. The monoisotopic (exact) mass is 295 g/mol. The molecule has 3 rings (SSSR count). The third-order valence-corrected chi connectivity index (χ3v) is 4.61. The fraction of sp³-hybridized carbons (Fsp3) is 0.571. The maximum Gasteiger partial charge on any atom is 0.126 e. The second-order valence-electron chi connectivity index (χ2n) is 5.22. The van der Waals surface area contributed by atoms with Crippen LogP contribution in [-0.4, -0.2) is 12.6 Å². The topological polar surface area (TPSA) is 21.3 Å². The van der Waals surface area contributed by atoms with E-state index < -0.39 is 0 Å². The summed E-state index contributed by atoms with van der Waals surface area (Å²) in [4.78, 5) is 0. The molecule has 1 saturated carbocycles. The van der Waals surface area contributed by atoms with E-state index in [4.69, 9.17) is 4.74 Å². The zero-order valence-corrected chi connectivity index (χ0v) is 11.7. The fourth-order valence-corrected chi connectivity index (χ4v) is 3.56. The number of nitrogens with one attached hydrogen (secondary N) is 1. The fourth-order valence-electron chi connectivity index (χ4n) is 3.22. The van der Waals surface area contributed by atoms with Crippen molar-refractivity contribution in [2.45, 2.75) is 43.7 Å². The Kier molecular flexibility index (Phi) is 2.91. The van der Waals surface area contributed by atoms with Gasteiger partial charge < -0.3 is 10.1 Å². The predicted molar refractivity (Wildman–Crippen MR) is 72.4 cm³/mol. The van der Waals surface area contributed by atoms with E-state index >= 15 is 0 Å². The Morgan fingerprint density at radius 2 is 2.12 bits per heavy atom. The molecule has 1 fully saturated rings. The van der Waals surface area contributed by atoms with Crippen LogP contribution in [0.25, 0.3) is 0 Å². The van der Waals surface area contributed by atoms with Crippen LogP contribution in [0.4, 0.5) is 0 Å². The summed E-state index contributed by atoms with van der Waals surface area (Å²) in [6.07, 6.45) is 6.13. The van der Waals surface area contributed by atoms with Gasteiger partial charge in [-0.1, -0.05) is 22.0 Å². The maximum atomic E-state index is 6.32. The third-order valence-electron chi connectivity index (χ3n) is 4.12. The van der Waals surface area contributed by atoms with E-state index in [0.717, 1.165) is 16.6 Å². The molecule has 0 radical (unpaired) electrons. The van der Waals surface area contributed by atoms with Crippen LogP contribution in [-0.2, 0) is 0 Å². The Balaban J connectivity index is 2.00. The van der Waals surface area contributed by atoms with E-state index in [1.54, 1.807) is 0 Å². The number of fused-ring (bicyclic) bond motifs is 1. The first-order valence-electron chi connectivity index (χ1n) is 6.38. The molecule has 0 bridgehead atoms. The first kappa shape index (κ1) is 11.5. The Bertz CT molecular complexity index is 426. The first-order valence-corrected chi connectivity index (χ1v) is 7.17. The molecule has 1 aliphatic heterocycles. The van der Waals surface area contributed by atoms with Gasteiger partial charge in [-0.15, -0.1) is 0 Å². The lowest BCUT2D eigenvalue weighted by atomic mass is 9.86. The molecule has 17 heavy (non-hydrogen) atoms. The van der Waals surface area contributed by atoms with E-state index in [0.29, 0.717) is 6.04 Å². The molecular formula is C14H18BrNO. The normalized spacial score (nSPS) is 25.6. The van der Waals surface area contributed by atoms with Gasteiger partial charge in [-0.05, 0) is 44.9 Å². The van der Waals surface area contributed by atoms with Gasteiger partial charge in [0.1, 0.15) is 11.4 Å². The Labute approximate surface area is 111 Å². The molecule has 2 nitrogen and oxygen atoms in total. The quantitative estimate of drug-likeness (QED) is 0.851. The van der Waals surface area contributed by atoms with Gasteiger partial charge in [0.25, 0.3) is 0 Å². The van der Waals surface area contributed by atoms with Crippen molar-refractivity contribution in [3.05, 3.63) is 28.2 Å². The molecule has 1 spiro atoms. The van der Waals surface area contributed by atoms with E-state index in [1.807, 2.05) is 7.05 Å². The van der Waals surface area contributed by atoms with Gasteiger partial charge in [0.15, 0.2) is 0 Å². The van der Waals surface area contributed by atoms with Crippen molar-refractivity contribution in [1.29, 1.82) is 0 Å². The zero-order chi connectivity index (χ0) is 11.9. The molecule has 1 heterocycles. The average Bonchev–Trinajstić information content (AvgIpc) is 2.75. The molecule has 3 heteroatoms. The van der Waals surface area contributed by atoms with Crippen molar-refractivity contribution >= 4 is 15.9 Å². The molecule has 1 aromatic carbocycles. The second kappa shape index (κ2) is 4.29. The number of benzene rings is 1. The molecule has 1 N–H and O–H groups in total. The smallest absolute Gasteiger partial charge is 0.126 e. The second-order valence-corrected chi connectivity index (χ2v) is 6.14. The van der Waals surface area contributed by atoms with Gasteiger partial charge in [0.05, 0.1) is 0 Å². The molecular weight excluding hydrogens is 278 g/mol. The molecule has 0 saturated heterocycles. The van der Waals surface area contributed by atoms with Crippen LogP contribution in [0.2, 0.25) is 0 Å². The Morgan fingerprint density at radius 3 is 2.82 bits per heavy atom. The molecule has 1 aliphatic carbocycles. The molecule has 1 aromatic rings. The molecule has 0 aromatic heterocycles. The lowest BCUT2D eigenvalue weighted by molar-refractivity contribution is 0.0379. The molecule has 1 atom stereocenters. The summed E-state index contributed by atoms with van der Waals surface area (Å²) in [5.41, 5.74) is 1.40. The molecule has 0 amide bonds. The van der Waals surface area contributed by atoms with Gasteiger partial charge in [-0.3, -0.25) is 0 Å². The van der Waals surface area contributed by atoms with Crippen LogP contribution < -0.4 is 10.1 Å². The maximum absolute atomic E-state index is 6.32. The number of ether oxygens (including phenoxy) is 1. The number of rotatable bonds is 1. The van der Waals surface area contributed by atoms with Crippen LogP contribution in [0.3, 0.4) is 0 Å². The van der Waals surface area contributed by atoms with Crippen molar-refractivity contribution in [1.82, 2.24) is 5.32 Å². The molecule has 92 valence electrons. The summed E-state index contributed by atoms with van der Waals surface area (Å²) in [6, 6.07) is 6.81. The van der Waals surface area contributed by atoms with E-state index in [-0.39, 0.29) is 5.60 Å². The minimum absolute atomic E-state index is 0.0987. The summed E-state index contributed by atoms with van der Waals surface area (Å²) < 4.78 is 7.42. The van der Waals surface area contributed by atoms with E-state index in [1.165, 1.54) is 31.2 Å². The van der Waals surface area contributed by atoms with Gasteiger partial charge in [0.2, 0.25) is 0 Å². The third kappa shape index (κ3) is 2.00. The van der Waals surface area contributed by atoms with Crippen LogP contribution in [0, 0.1) is 0 Å². The van der Waals surface area contributed by atoms with Crippen molar-refractivity contribution in [2.75, 3.05) is 7.05 Å². The highest BCUT2D eigenvalue weighted by atomic mass is 79.9. The number of halogens is 1. The van der Waals surface area contributed by atoms with Gasteiger partial charge in [-0.25, -0.2) is 0 Å². The van der Waals surface area contributed by atoms with Crippen molar-refractivity contribution < 1.29 is 4.74 Å². The van der Waals surface area contributed by atoms with Crippen LogP contribution in [0.15, 0.2) is 22.7 Å². The summed E-state index contributed by atoms with van der Waals surface area (Å²) in [6.45, 7) is 0. The largest absolute Gasteiger partial charge is 0.487 e. The van der Waals surface area contributed by atoms with E-state index in [9.17, 15) is 0 Å². The van der Waals surface area contributed by atoms with Gasteiger partial charge >= 0.3 is 0 Å². The van der Waals surface area contributed by atoms with Gasteiger partial charge in [-0.2, -0.15) is 0 Å². The molecule has 2 aliphatic rings. The van der Waals surface area contributed by atoms with Crippen molar-refractivity contribution in [3.63, 3.8) is 0 Å². The summed E-state index contributed by atoms with van der Waals surface area (Å²) in [7, 11) is 2.05. The summed E-state index contributed by atoms with van der Waals surface area (Å²) in [5, 5.41) is 3.44. The standard InChI is InChI=1S/C14H18BrNO/c1-16-12-9-14(6-2-3-7-14)17-13-8-10(15)4-5-11(12)13/h4-5,8,12,16H,2-3,6-7,9H2,1H3. The first-order chi connectivity index (χ1) is 8.22. The lowest BCUT2D eigenvalue weighted by Crippen LogP contribution is -2.41. The summed E-state index contributed by atoms with van der Waals surface area (Å²) >= 11 is 3.53. The Morgan fingerprint density at radius 1 is 1.35 bits per heavy atom. The Hall–Kier alpha value is -0.540. The van der Waals surface area contributed by atoms with Gasteiger partial charge in [0, 0.05) is 22.5 Å². The minimum atomic E-state index is 0.0987. The highest BCUT2D eigenvalue weighted by molar-refractivity contribution is 9.10. The highest BCUT2D eigenvalue weighted by Crippen LogP contribution is 2.47. The zero-order valence-electron chi connectivity index (χ0n) is 10.1.